The van der Waals surface area contributed by atoms with Gasteiger partial charge in [-0.1, -0.05) is 0 Å². The minimum absolute atomic E-state index is 0.260. The lowest BCUT2D eigenvalue weighted by atomic mass is 9.89. The van der Waals surface area contributed by atoms with E-state index in [1.54, 1.807) is 0 Å². The van der Waals surface area contributed by atoms with Crippen molar-refractivity contribution in [1.29, 1.82) is 0 Å². The second kappa shape index (κ2) is 3.99. The van der Waals surface area contributed by atoms with Gasteiger partial charge in [0.15, 0.2) is 0 Å². The van der Waals surface area contributed by atoms with Gasteiger partial charge in [0.25, 0.3) is 0 Å². The molecule has 2 unspecified atom stereocenters. The second-order valence-corrected chi connectivity index (χ2v) is 2.95. The quantitative estimate of drug-likeness (QED) is 0.368. The number of ether oxygens (including phenoxy) is 1. The van der Waals surface area contributed by atoms with Crippen LogP contribution in [0.25, 0.3) is 0 Å². The number of carbonyl (C=O) groups is 4. The molecule has 1 aliphatic rings. The average Bonchev–Trinajstić information content (AvgIpc) is 2.40. The molecule has 6 heteroatoms. The van der Waals surface area contributed by atoms with E-state index >= 15 is 0 Å². The normalized spacial score (nSPS) is 23.0. The highest BCUT2D eigenvalue weighted by atomic mass is 16.6. The first kappa shape index (κ1) is 10.4. The molecule has 0 bridgehead atoms. The van der Waals surface area contributed by atoms with Gasteiger partial charge in [0.2, 0.25) is 0 Å². The maximum absolute atomic E-state index is 11.0. The van der Waals surface area contributed by atoms with Crippen LogP contribution in [0, 0.1) is 11.8 Å². The van der Waals surface area contributed by atoms with Crippen LogP contribution in [0.1, 0.15) is 12.8 Å². The number of aldehydes is 1. The van der Waals surface area contributed by atoms with Gasteiger partial charge < -0.3 is 14.6 Å². The van der Waals surface area contributed by atoms with E-state index in [4.69, 9.17) is 5.11 Å². The molecule has 1 saturated heterocycles. The molecule has 1 aliphatic heterocycles. The van der Waals surface area contributed by atoms with Gasteiger partial charge in [-0.3, -0.25) is 14.4 Å². The molecule has 1 heterocycles. The SMILES string of the molecule is O=CCC(C(=O)O)C1CC(=O)OC1=O. The minimum atomic E-state index is -1.27. The molecule has 76 valence electrons. The topological polar surface area (TPSA) is 97.7 Å². The molecule has 1 fully saturated rings. The zero-order chi connectivity index (χ0) is 10.7. The maximum atomic E-state index is 11.0. The van der Waals surface area contributed by atoms with Crippen LogP contribution >= 0.6 is 0 Å². The molecular weight excluding hydrogens is 192 g/mol. The number of carbonyl (C=O) groups excluding carboxylic acids is 3. The smallest absolute Gasteiger partial charge is 0.318 e. The van der Waals surface area contributed by atoms with Gasteiger partial charge in [0, 0.05) is 6.42 Å². The molecule has 14 heavy (non-hydrogen) atoms. The van der Waals surface area contributed by atoms with Crippen molar-refractivity contribution in [2.24, 2.45) is 11.8 Å². The van der Waals surface area contributed by atoms with Crippen molar-refractivity contribution in [3.63, 3.8) is 0 Å². The van der Waals surface area contributed by atoms with Gasteiger partial charge >= 0.3 is 17.9 Å². The standard InChI is InChI=1S/C8H8O6/c9-2-1-4(7(11)12)5-3-6(10)14-8(5)13/h2,4-5H,1,3H2,(H,11,12). The van der Waals surface area contributed by atoms with Crippen LogP contribution in [-0.2, 0) is 23.9 Å². The second-order valence-electron chi connectivity index (χ2n) is 2.95. The first-order valence-corrected chi connectivity index (χ1v) is 3.97. The molecule has 0 aromatic carbocycles. The third-order valence-corrected chi connectivity index (χ3v) is 2.06. The number of cyclic esters (lactones) is 2. The zero-order valence-corrected chi connectivity index (χ0v) is 7.13. The molecule has 0 saturated carbocycles. The number of esters is 2. The summed E-state index contributed by atoms with van der Waals surface area (Å²) < 4.78 is 4.19. The largest absolute Gasteiger partial charge is 0.481 e. The van der Waals surface area contributed by atoms with E-state index < -0.39 is 29.7 Å². The minimum Gasteiger partial charge on any atom is -0.481 e. The number of carboxylic acid groups (broad SMARTS) is 1. The fourth-order valence-electron chi connectivity index (χ4n) is 1.34. The average molecular weight is 200 g/mol. The third kappa shape index (κ3) is 1.95. The maximum Gasteiger partial charge on any atom is 0.318 e. The molecular formula is C8H8O6. The van der Waals surface area contributed by atoms with Gasteiger partial charge in [-0.2, -0.15) is 0 Å². The first-order chi connectivity index (χ1) is 6.56. The summed E-state index contributed by atoms with van der Waals surface area (Å²) in [6.45, 7) is 0. The summed E-state index contributed by atoms with van der Waals surface area (Å²) in [5.41, 5.74) is 0. The Balaban J connectivity index is 2.78. The lowest BCUT2D eigenvalue weighted by molar-refractivity contribution is -0.156. The molecule has 0 aliphatic carbocycles. The first-order valence-electron chi connectivity index (χ1n) is 3.97. The van der Waals surface area contributed by atoms with Crippen LogP contribution in [-0.4, -0.2) is 29.3 Å². The Morgan fingerprint density at radius 1 is 1.64 bits per heavy atom. The number of rotatable bonds is 4. The molecule has 0 amide bonds. The van der Waals surface area contributed by atoms with Gasteiger partial charge in [0.05, 0.1) is 18.3 Å². The molecule has 0 spiro atoms. The zero-order valence-electron chi connectivity index (χ0n) is 7.13. The van der Waals surface area contributed by atoms with Crippen molar-refractivity contribution in [2.45, 2.75) is 12.8 Å². The Labute approximate surface area is 78.8 Å². The summed E-state index contributed by atoms with van der Waals surface area (Å²) in [6.07, 6.45) is -0.138. The lowest BCUT2D eigenvalue weighted by Crippen LogP contribution is -2.27. The van der Waals surface area contributed by atoms with Crippen molar-refractivity contribution in [1.82, 2.24) is 0 Å². The fourth-order valence-corrected chi connectivity index (χ4v) is 1.34. The van der Waals surface area contributed by atoms with Crippen LogP contribution in [0.2, 0.25) is 0 Å². The van der Waals surface area contributed by atoms with Crippen LogP contribution in [0.15, 0.2) is 0 Å². The van der Waals surface area contributed by atoms with E-state index in [0.29, 0.717) is 6.29 Å². The lowest BCUT2D eigenvalue weighted by Gasteiger charge is -2.11. The molecule has 0 radical (unpaired) electrons. The summed E-state index contributed by atoms with van der Waals surface area (Å²) in [5.74, 6) is -5.05. The Kier molecular flexibility index (Phi) is 2.95. The molecule has 2 atom stereocenters. The molecule has 0 aromatic rings. The summed E-state index contributed by atoms with van der Waals surface area (Å²) in [4.78, 5) is 42.5. The Bertz CT molecular complexity index is 294. The van der Waals surface area contributed by atoms with Crippen molar-refractivity contribution < 1.29 is 29.0 Å². The summed E-state index contributed by atoms with van der Waals surface area (Å²) in [5, 5.41) is 8.69. The van der Waals surface area contributed by atoms with Crippen LogP contribution in [0.3, 0.4) is 0 Å². The Hall–Kier alpha value is -1.72. The predicted molar refractivity (Wildman–Crippen MR) is 41.0 cm³/mol. The van der Waals surface area contributed by atoms with Crippen molar-refractivity contribution >= 4 is 24.2 Å². The highest BCUT2D eigenvalue weighted by Crippen LogP contribution is 2.26. The van der Waals surface area contributed by atoms with E-state index in [2.05, 4.69) is 4.74 Å². The van der Waals surface area contributed by atoms with E-state index in [1.165, 1.54) is 0 Å². The van der Waals surface area contributed by atoms with Crippen molar-refractivity contribution in [3.8, 4) is 0 Å². The van der Waals surface area contributed by atoms with Gasteiger partial charge in [-0.25, -0.2) is 0 Å². The van der Waals surface area contributed by atoms with Gasteiger partial charge in [-0.05, 0) is 0 Å². The third-order valence-electron chi connectivity index (χ3n) is 2.06. The number of aliphatic carboxylic acids is 1. The van der Waals surface area contributed by atoms with Crippen molar-refractivity contribution in [2.75, 3.05) is 0 Å². The molecule has 1 rings (SSSR count). The number of hydrogen-bond acceptors (Lipinski definition) is 5. The van der Waals surface area contributed by atoms with E-state index in [9.17, 15) is 19.2 Å². The summed E-state index contributed by atoms with van der Waals surface area (Å²) in [6, 6.07) is 0. The molecule has 0 aromatic heterocycles. The Morgan fingerprint density at radius 3 is 2.64 bits per heavy atom. The fraction of sp³-hybridized carbons (Fsp3) is 0.500. The van der Waals surface area contributed by atoms with Crippen molar-refractivity contribution in [3.05, 3.63) is 0 Å². The van der Waals surface area contributed by atoms with Gasteiger partial charge in [0.1, 0.15) is 6.29 Å². The van der Waals surface area contributed by atoms with E-state index in [0.717, 1.165) is 0 Å². The van der Waals surface area contributed by atoms with Gasteiger partial charge in [-0.15, -0.1) is 0 Å². The Morgan fingerprint density at radius 2 is 2.29 bits per heavy atom. The van der Waals surface area contributed by atoms with Crippen LogP contribution in [0.5, 0.6) is 0 Å². The summed E-state index contributed by atoms with van der Waals surface area (Å²) in [7, 11) is 0. The number of carboxylic acids is 1. The summed E-state index contributed by atoms with van der Waals surface area (Å²) >= 11 is 0. The van der Waals surface area contributed by atoms with Crippen LogP contribution in [0.4, 0.5) is 0 Å². The van der Waals surface area contributed by atoms with E-state index in [1.807, 2.05) is 0 Å². The van der Waals surface area contributed by atoms with Crippen LogP contribution < -0.4 is 0 Å². The monoisotopic (exact) mass is 200 g/mol. The molecule has 6 nitrogen and oxygen atoms in total. The predicted octanol–water partition coefficient (Wildman–Crippen LogP) is -0.634. The molecule has 1 N–H and O–H groups in total. The highest BCUT2D eigenvalue weighted by molar-refractivity contribution is 5.97. The van der Waals surface area contributed by atoms with E-state index in [-0.39, 0.29) is 12.8 Å². The number of hydrogen-bond donors (Lipinski definition) is 1. The highest BCUT2D eigenvalue weighted by Gasteiger charge is 2.42.